The van der Waals surface area contributed by atoms with Crippen molar-refractivity contribution in [2.24, 2.45) is 4.99 Å². The molecule has 0 fully saturated rings. The average Bonchev–Trinajstić information content (AvgIpc) is 3.20. The molecule has 5 aromatic rings. The smallest absolute Gasteiger partial charge is 0.0783 e. The van der Waals surface area contributed by atoms with E-state index in [0.717, 1.165) is 66.4 Å². The standard InChI is InChI=1S/C51H47N.C2H6/c1-9-13-23-40(10-2)39(8)52-51(50-26-19-16-22-38(50)7)44-29-27-43(28-30-44)49-34-47(41(11-3)31-45-24-17-14-20-36(45)5)33-48(35-49)42(12-4)32-46-25-18-15-21-37(46)6;1-2/h9-35H,1,3-4,7H2,2,5-6,8H3;1-2H3/b23-13-,40-10+,41-31+,42-32+,51-50-,52-39+;. The molecule has 0 N–H and O–H groups in total. The van der Waals surface area contributed by atoms with Crippen LogP contribution >= 0.6 is 0 Å². The number of nitrogens with zero attached hydrogens (tertiary/aromatic N) is 1. The summed E-state index contributed by atoms with van der Waals surface area (Å²) < 4.78 is 0. The van der Waals surface area contributed by atoms with Gasteiger partial charge in [-0.15, -0.1) is 0 Å². The Morgan fingerprint density at radius 2 is 1.13 bits per heavy atom. The molecule has 0 radical (unpaired) electrons. The second-order valence-electron chi connectivity index (χ2n) is 12.7. The highest BCUT2D eigenvalue weighted by atomic mass is 14.8. The number of rotatable bonds is 12. The SMILES string of the molecule is C=C\C=C/C(=C\C)C(/C)=N/C(c1ccc(-c2cc(/C(C=C)=C/c3ccccc3C)cc(/C(C=C)=C/c3ccccc3C)c2)cc1)=c1/ccccc1=C.CC. The quantitative estimate of drug-likeness (QED) is 0.0697. The van der Waals surface area contributed by atoms with E-state index in [1.54, 1.807) is 6.08 Å². The van der Waals surface area contributed by atoms with E-state index in [2.05, 4.69) is 155 Å². The predicted molar refractivity (Wildman–Crippen MR) is 242 cm³/mol. The Balaban J connectivity index is 0.00000319. The van der Waals surface area contributed by atoms with Gasteiger partial charge in [0.25, 0.3) is 0 Å². The fourth-order valence-electron chi connectivity index (χ4n) is 6.16. The van der Waals surface area contributed by atoms with Gasteiger partial charge in [-0.1, -0.05) is 174 Å². The third kappa shape index (κ3) is 10.2. The number of aliphatic imine (C=N–C) groups is 1. The minimum absolute atomic E-state index is 0.876. The highest BCUT2D eigenvalue weighted by Crippen LogP contribution is 2.33. The highest BCUT2D eigenvalue weighted by molar-refractivity contribution is 6.03. The van der Waals surface area contributed by atoms with Gasteiger partial charge in [0.1, 0.15) is 0 Å². The van der Waals surface area contributed by atoms with Crippen LogP contribution in [0.15, 0.2) is 182 Å². The largest absolute Gasteiger partial charge is 0.252 e. The van der Waals surface area contributed by atoms with Crippen LogP contribution in [0.5, 0.6) is 0 Å². The molecule has 0 unspecified atom stereocenters. The Morgan fingerprint density at radius 1 is 0.611 bits per heavy atom. The molecule has 1 heteroatoms. The molecule has 0 aliphatic heterocycles. The van der Waals surface area contributed by atoms with Crippen LogP contribution in [0.1, 0.15) is 66.6 Å². The lowest BCUT2D eigenvalue weighted by Crippen LogP contribution is -2.25. The summed E-state index contributed by atoms with van der Waals surface area (Å²) in [5.41, 5.74) is 15.0. The van der Waals surface area contributed by atoms with Crippen LogP contribution < -0.4 is 10.4 Å². The van der Waals surface area contributed by atoms with Gasteiger partial charge in [-0.2, -0.15) is 0 Å². The molecule has 0 spiro atoms. The summed E-state index contributed by atoms with van der Waals surface area (Å²) in [4.78, 5) is 5.20. The fourth-order valence-corrected chi connectivity index (χ4v) is 6.16. The summed E-state index contributed by atoms with van der Waals surface area (Å²) in [6, 6.07) is 40.4. The summed E-state index contributed by atoms with van der Waals surface area (Å²) in [6.45, 7) is 29.0. The van der Waals surface area contributed by atoms with Gasteiger partial charge in [-0.05, 0) is 124 Å². The van der Waals surface area contributed by atoms with Gasteiger partial charge < -0.3 is 0 Å². The van der Waals surface area contributed by atoms with Gasteiger partial charge in [0, 0.05) is 16.5 Å². The molecule has 270 valence electrons. The van der Waals surface area contributed by atoms with Crippen LogP contribution in [-0.4, -0.2) is 5.71 Å². The molecule has 0 saturated carbocycles. The van der Waals surface area contributed by atoms with Crippen molar-refractivity contribution in [2.75, 3.05) is 0 Å². The summed E-state index contributed by atoms with van der Waals surface area (Å²) in [7, 11) is 0. The van der Waals surface area contributed by atoms with Crippen LogP contribution in [0.25, 0.3) is 46.7 Å². The number of hydrogen-bond acceptors (Lipinski definition) is 1. The van der Waals surface area contributed by atoms with E-state index in [4.69, 9.17) is 4.99 Å². The van der Waals surface area contributed by atoms with Gasteiger partial charge in [0.05, 0.1) is 5.70 Å². The zero-order valence-electron chi connectivity index (χ0n) is 32.9. The van der Waals surface area contributed by atoms with Gasteiger partial charge in [-0.3, -0.25) is 4.99 Å². The second kappa shape index (κ2) is 20.1. The summed E-state index contributed by atoms with van der Waals surface area (Å²) >= 11 is 0. The first-order chi connectivity index (χ1) is 26.3. The van der Waals surface area contributed by atoms with Gasteiger partial charge >= 0.3 is 0 Å². The zero-order valence-corrected chi connectivity index (χ0v) is 32.9. The average molecular weight is 704 g/mol. The van der Waals surface area contributed by atoms with Crippen LogP contribution in [0.2, 0.25) is 0 Å². The van der Waals surface area contributed by atoms with E-state index >= 15 is 0 Å². The topological polar surface area (TPSA) is 12.4 Å². The van der Waals surface area contributed by atoms with Crippen molar-refractivity contribution in [1.82, 2.24) is 0 Å². The Labute approximate surface area is 324 Å². The monoisotopic (exact) mass is 703 g/mol. The minimum Gasteiger partial charge on any atom is -0.252 e. The van der Waals surface area contributed by atoms with Crippen molar-refractivity contribution in [3.05, 3.63) is 226 Å². The predicted octanol–water partition coefficient (Wildman–Crippen LogP) is 13.2. The third-order valence-corrected chi connectivity index (χ3v) is 9.22. The van der Waals surface area contributed by atoms with Gasteiger partial charge in [-0.25, -0.2) is 0 Å². The lowest BCUT2D eigenvalue weighted by molar-refractivity contribution is 1.39. The van der Waals surface area contributed by atoms with E-state index in [1.807, 2.05) is 70.2 Å². The molecule has 0 bridgehead atoms. The van der Waals surface area contributed by atoms with Crippen molar-refractivity contribution >= 4 is 41.3 Å². The van der Waals surface area contributed by atoms with Crippen molar-refractivity contribution < 1.29 is 0 Å². The van der Waals surface area contributed by atoms with E-state index in [9.17, 15) is 0 Å². The van der Waals surface area contributed by atoms with Gasteiger partial charge in [0.2, 0.25) is 0 Å². The van der Waals surface area contributed by atoms with E-state index in [1.165, 1.54) is 22.3 Å². The maximum atomic E-state index is 5.20. The lowest BCUT2D eigenvalue weighted by Gasteiger charge is -2.14. The molecule has 0 aliphatic rings. The molecule has 0 heterocycles. The molecule has 1 nitrogen and oxygen atoms in total. The lowest BCUT2D eigenvalue weighted by atomic mass is 9.91. The van der Waals surface area contributed by atoms with E-state index < -0.39 is 0 Å². The molecule has 0 aliphatic carbocycles. The van der Waals surface area contributed by atoms with Crippen LogP contribution in [0, 0.1) is 13.8 Å². The van der Waals surface area contributed by atoms with E-state index in [-0.39, 0.29) is 0 Å². The van der Waals surface area contributed by atoms with Crippen molar-refractivity contribution in [3.8, 4) is 11.1 Å². The van der Waals surface area contributed by atoms with Crippen LogP contribution in [0.3, 0.4) is 0 Å². The summed E-state index contributed by atoms with van der Waals surface area (Å²) in [6.07, 6.45) is 16.1. The molecular weight excluding hydrogens is 651 g/mol. The summed E-state index contributed by atoms with van der Waals surface area (Å²) in [5.74, 6) is 0. The molecule has 0 amide bonds. The zero-order chi connectivity index (χ0) is 39.0. The highest BCUT2D eigenvalue weighted by Gasteiger charge is 2.11. The van der Waals surface area contributed by atoms with Gasteiger partial charge in [0.15, 0.2) is 0 Å². The minimum atomic E-state index is 0.876. The molecule has 0 saturated heterocycles. The Kier molecular flexibility index (Phi) is 15.0. The normalized spacial score (nSPS) is 12.9. The second-order valence-corrected chi connectivity index (χ2v) is 12.7. The van der Waals surface area contributed by atoms with Crippen LogP contribution in [-0.2, 0) is 0 Å². The van der Waals surface area contributed by atoms with E-state index in [0.29, 0.717) is 0 Å². The van der Waals surface area contributed by atoms with Crippen LogP contribution in [0.4, 0.5) is 0 Å². The maximum absolute atomic E-state index is 5.20. The molecule has 0 atom stereocenters. The number of benzene rings is 5. The van der Waals surface area contributed by atoms with Crippen molar-refractivity contribution in [2.45, 2.75) is 41.5 Å². The molecule has 0 aromatic heterocycles. The number of hydrogen-bond donors (Lipinski definition) is 0. The maximum Gasteiger partial charge on any atom is 0.0783 e. The fraction of sp³-hybridized carbons (Fsp3) is 0.113. The molecule has 5 rings (SSSR count). The Morgan fingerprint density at radius 3 is 1.61 bits per heavy atom. The summed E-state index contributed by atoms with van der Waals surface area (Å²) in [5, 5.41) is 1.92. The third-order valence-electron chi connectivity index (χ3n) is 9.22. The number of allylic oxidation sites excluding steroid dienone is 9. The first kappa shape index (κ1) is 40.5. The van der Waals surface area contributed by atoms with Crippen molar-refractivity contribution in [3.63, 3.8) is 0 Å². The Bertz CT molecular complexity index is 2300. The molecule has 5 aromatic carbocycles. The first-order valence-corrected chi connectivity index (χ1v) is 18.6. The van der Waals surface area contributed by atoms with Crippen molar-refractivity contribution in [1.29, 1.82) is 0 Å². The molecule has 54 heavy (non-hydrogen) atoms. The molecular formula is C53H53N. The number of aryl methyl sites for hydroxylation is 2. The Hall–Kier alpha value is -6.31. The first-order valence-electron chi connectivity index (χ1n) is 18.6.